The van der Waals surface area contributed by atoms with Gasteiger partial charge in [0.1, 0.15) is 5.69 Å². The third-order valence-electron chi connectivity index (χ3n) is 6.46. The molecule has 31 heavy (non-hydrogen) atoms. The summed E-state index contributed by atoms with van der Waals surface area (Å²) in [6, 6.07) is 6.95. The van der Waals surface area contributed by atoms with Crippen molar-refractivity contribution in [2.75, 3.05) is 37.7 Å². The number of benzene rings is 1. The maximum Gasteiger partial charge on any atom is 0.417 e. The van der Waals surface area contributed by atoms with E-state index in [1.807, 2.05) is 4.90 Å². The number of nitriles is 1. The van der Waals surface area contributed by atoms with Crippen molar-refractivity contribution in [3.05, 3.63) is 47.3 Å². The summed E-state index contributed by atoms with van der Waals surface area (Å²) >= 11 is 0. The van der Waals surface area contributed by atoms with Crippen LogP contribution in [0.4, 0.5) is 18.9 Å². The van der Waals surface area contributed by atoms with Crippen molar-refractivity contribution < 1.29 is 23.1 Å². The number of hydrogen-bond donors (Lipinski definition) is 1. The Balaban J connectivity index is 1.57. The Bertz CT molecular complexity index is 1040. The predicted molar refractivity (Wildman–Crippen MR) is 105 cm³/mol. The topological polar surface area (TPSA) is 85.4 Å². The van der Waals surface area contributed by atoms with Crippen molar-refractivity contribution in [1.29, 1.82) is 5.26 Å². The van der Waals surface area contributed by atoms with E-state index in [2.05, 4.69) is 5.10 Å². The van der Waals surface area contributed by atoms with E-state index >= 15 is 0 Å². The smallest absolute Gasteiger partial charge is 0.396 e. The fraction of sp³-hybridized carbons (Fsp3) is 0.476. The van der Waals surface area contributed by atoms with Crippen molar-refractivity contribution in [2.24, 2.45) is 18.4 Å². The first-order valence-corrected chi connectivity index (χ1v) is 9.93. The second kappa shape index (κ2) is 7.57. The van der Waals surface area contributed by atoms with E-state index < -0.39 is 22.7 Å². The van der Waals surface area contributed by atoms with Gasteiger partial charge in [-0.25, -0.2) is 0 Å². The standard InChI is InChI=1S/C21H22F3N5O2/c1-27-6-4-18(26-27)19(31)29-11-15-10-28(7-5-20(15,12-29)13-30)16-3-2-14(9-25)17(8-16)21(22,23)24/h2-4,6,8,15,30H,5,7,10-13H2,1H3/t15-,20+/m1/s1. The zero-order chi connectivity index (χ0) is 22.4. The minimum Gasteiger partial charge on any atom is -0.396 e. The molecule has 2 saturated heterocycles. The van der Waals surface area contributed by atoms with Gasteiger partial charge in [-0.05, 0) is 30.7 Å². The second-order valence-electron chi connectivity index (χ2n) is 8.31. The third-order valence-corrected chi connectivity index (χ3v) is 6.46. The van der Waals surface area contributed by atoms with Crippen molar-refractivity contribution in [3.8, 4) is 6.07 Å². The lowest BCUT2D eigenvalue weighted by Crippen LogP contribution is -2.49. The molecule has 0 aliphatic carbocycles. The molecule has 2 aromatic rings. The summed E-state index contributed by atoms with van der Waals surface area (Å²) in [6.45, 7) is 1.55. The summed E-state index contributed by atoms with van der Waals surface area (Å²) in [5.74, 6) is -0.309. The number of anilines is 1. The Morgan fingerprint density at radius 2 is 2.13 bits per heavy atom. The average Bonchev–Trinajstić information content (AvgIpc) is 3.35. The summed E-state index contributed by atoms with van der Waals surface area (Å²) in [5.41, 5.74) is -1.14. The zero-order valence-corrected chi connectivity index (χ0v) is 16.9. The van der Waals surface area contributed by atoms with E-state index in [1.165, 1.54) is 12.1 Å². The summed E-state index contributed by atoms with van der Waals surface area (Å²) in [6.07, 6.45) is -2.39. The Kier molecular flexibility index (Phi) is 5.17. The first-order chi connectivity index (χ1) is 14.7. The second-order valence-corrected chi connectivity index (χ2v) is 8.31. The number of aryl methyl sites for hydroxylation is 1. The molecule has 7 nitrogen and oxygen atoms in total. The molecule has 4 rings (SSSR count). The molecule has 0 unspecified atom stereocenters. The van der Waals surface area contributed by atoms with Crippen LogP contribution in [0.3, 0.4) is 0 Å². The van der Waals surface area contributed by atoms with E-state index in [0.717, 1.165) is 6.07 Å². The van der Waals surface area contributed by atoms with Gasteiger partial charge in [-0.3, -0.25) is 9.48 Å². The van der Waals surface area contributed by atoms with Crippen LogP contribution in [0.15, 0.2) is 30.5 Å². The predicted octanol–water partition coefficient (Wildman–Crippen LogP) is 2.27. The Morgan fingerprint density at radius 1 is 1.35 bits per heavy atom. The lowest BCUT2D eigenvalue weighted by atomic mass is 9.73. The van der Waals surface area contributed by atoms with E-state index in [0.29, 0.717) is 44.0 Å². The van der Waals surface area contributed by atoms with Crippen LogP contribution in [0.25, 0.3) is 0 Å². The number of amides is 1. The first kappa shape index (κ1) is 21.2. The highest BCUT2D eigenvalue weighted by Gasteiger charge is 2.50. The van der Waals surface area contributed by atoms with Crippen LogP contribution in [0, 0.1) is 22.7 Å². The highest BCUT2D eigenvalue weighted by Crippen LogP contribution is 2.44. The van der Waals surface area contributed by atoms with E-state index in [9.17, 15) is 23.1 Å². The molecule has 1 aromatic carbocycles. The van der Waals surface area contributed by atoms with Gasteiger partial charge >= 0.3 is 6.18 Å². The number of halogens is 3. The van der Waals surface area contributed by atoms with E-state index in [4.69, 9.17) is 5.26 Å². The van der Waals surface area contributed by atoms with Gasteiger partial charge < -0.3 is 14.9 Å². The number of alkyl halides is 3. The molecule has 2 aliphatic heterocycles. The van der Waals surface area contributed by atoms with Gasteiger partial charge in [0.25, 0.3) is 5.91 Å². The molecule has 2 fully saturated rings. The molecule has 3 heterocycles. The van der Waals surface area contributed by atoms with Gasteiger partial charge in [0.2, 0.25) is 0 Å². The van der Waals surface area contributed by atoms with Crippen LogP contribution in [0.2, 0.25) is 0 Å². The third kappa shape index (κ3) is 3.74. The maximum atomic E-state index is 13.4. The molecule has 0 radical (unpaired) electrons. The SMILES string of the molecule is Cn1ccc(C(=O)N2C[C@H]3CN(c4ccc(C#N)c(C(F)(F)F)c4)CC[C@@]3(CO)C2)n1. The Labute approximate surface area is 177 Å². The molecule has 2 atom stereocenters. The van der Waals surface area contributed by atoms with Crippen LogP contribution in [0.5, 0.6) is 0 Å². The fourth-order valence-corrected chi connectivity index (χ4v) is 4.68. The van der Waals surface area contributed by atoms with Crippen LogP contribution in [0.1, 0.15) is 28.0 Å². The number of aliphatic hydroxyl groups excluding tert-OH is 1. The molecule has 10 heteroatoms. The minimum atomic E-state index is -4.62. The molecule has 1 N–H and O–H groups in total. The lowest BCUT2D eigenvalue weighted by molar-refractivity contribution is -0.137. The van der Waals surface area contributed by atoms with Gasteiger partial charge in [-0.15, -0.1) is 0 Å². The highest BCUT2D eigenvalue weighted by molar-refractivity contribution is 5.92. The van der Waals surface area contributed by atoms with E-state index in [-0.39, 0.29) is 18.4 Å². The maximum absolute atomic E-state index is 13.4. The Hall–Kier alpha value is -3.06. The van der Waals surface area contributed by atoms with Crippen molar-refractivity contribution in [3.63, 3.8) is 0 Å². The zero-order valence-electron chi connectivity index (χ0n) is 16.9. The largest absolute Gasteiger partial charge is 0.417 e. The monoisotopic (exact) mass is 433 g/mol. The number of carbonyl (C=O) groups is 1. The number of aliphatic hydroxyl groups is 1. The average molecular weight is 433 g/mol. The summed E-state index contributed by atoms with van der Waals surface area (Å²) in [7, 11) is 1.72. The number of likely N-dealkylation sites (tertiary alicyclic amines) is 1. The summed E-state index contributed by atoms with van der Waals surface area (Å²) in [5, 5.41) is 23.3. The lowest BCUT2D eigenvalue weighted by Gasteiger charge is -2.43. The van der Waals surface area contributed by atoms with Crippen LogP contribution in [-0.4, -0.2) is 58.5 Å². The number of aromatic nitrogens is 2. The molecular formula is C21H22F3N5O2. The summed E-state index contributed by atoms with van der Waals surface area (Å²) in [4.78, 5) is 16.3. The summed E-state index contributed by atoms with van der Waals surface area (Å²) < 4.78 is 41.6. The molecule has 0 spiro atoms. The van der Waals surface area contributed by atoms with Crippen molar-refractivity contribution >= 4 is 11.6 Å². The molecule has 1 aromatic heterocycles. The number of rotatable bonds is 3. The van der Waals surface area contributed by atoms with Crippen LogP contribution < -0.4 is 4.90 Å². The number of fused-ring (bicyclic) bond motifs is 1. The molecule has 0 bridgehead atoms. The van der Waals surface area contributed by atoms with Gasteiger partial charge in [0.05, 0.1) is 23.8 Å². The van der Waals surface area contributed by atoms with Crippen LogP contribution in [-0.2, 0) is 13.2 Å². The van der Waals surface area contributed by atoms with Gasteiger partial charge in [-0.1, -0.05) is 0 Å². The number of piperidine rings is 1. The van der Waals surface area contributed by atoms with Gasteiger partial charge in [-0.2, -0.15) is 23.5 Å². The molecular weight excluding hydrogens is 411 g/mol. The Morgan fingerprint density at radius 3 is 2.74 bits per heavy atom. The molecule has 0 saturated carbocycles. The van der Waals surface area contributed by atoms with Crippen LogP contribution >= 0.6 is 0 Å². The minimum absolute atomic E-state index is 0.0936. The van der Waals surface area contributed by atoms with Crippen molar-refractivity contribution in [1.82, 2.24) is 14.7 Å². The van der Waals surface area contributed by atoms with Gasteiger partial charge in [0.15, 0.2) is 0 Å². The fourth-order valence-electron chi connectivity index (χ4n) is 4.68. The number of nitrogens with zero attached hydrogens (tertiary/aromatic N) is 5. The van der Waals surface area contributed by atoms with Crippen molar-refractivity contribution in [2.45, 2.75) is 12.6 Å². The van der Waals surface area contributed by atoms with E-state index in [1.54, 1.807) is 35.0 Å². The molecule has 1 amide bonds. The molecule has 2 aliphatic rings. The quantitative estimate of drug-likeness (QED) is 0.803. The molecule has 164 valence electrons. The normalized spacial score (nSPS) is 23.5. The number of carbonyl (C=O) groups excluding carboxylic acids is 1. The highest BCUT2D eigenvalue weighted by atomic mass is 19.4. The first-order valence-electron chi connectivity index (χ1n) is 9.93. The van der Waals surface area contributed by atoms with Gasteiger partial charge in [0, 0.05) is 56.4 Å². The number of hydrogen-bond acceptors (Lipinski definition) is 5.